The summed E-state index contributed by atoms with van der Waals surface area (Å²) in [5, 5.41) is 15.6. The molecule has 0 radical (unpaired) electrons. The van der Waals surface area contributed by atoms with E-state index in [2.05, 4.69) is 35.7 Å². The van der Waals surface area contributed by atoms with Crippen molar-refractivity contribution in [2.75, 3.05) is 0 Å². The van der Waals surface area contributed by atoms with Crippen molar-refractivity contribution in [2.45, 2.75) is 36.3 Å². The topological polar surface area (TPSA) is 89.3 Å². The maximum absolute atomic E-state index is 13.4. The fourth-order valence-electron chi connectivity index (χ4n) is 5.08. The van der Waals surface area contributed by atoms with Crippen LogP contribution in [0.2, 0.25) is 0 Å². The van der Waals surface area contributed by atoms with Gasteiger partial charge in [-0.15, -0.1) is 0 Å². The van der Waals surface area contributed by atoms with Gasteiger partial charge in [0.25, 0.3) is 5.69 Å². The predicted molar refractivity (Wildman–Crippen MR) is 151 cm³/mol. The van der Waals surface area contributed by atoms with Gasteiger partial charge in [-0.05, 0) is 77.1 Å². The molecule has 38 heavy (non-hydrogen) atoms. The minimum absolute atomic E-state index is 0.00799. The van der Waals surface area contributed by atoms with Crippen molar-refractivity contribution in [1.29, 1.82) is 0 Å². The van der Waals surface area contributed by atoms with Gasteiger partial charge in [0.1, 0.15) is 0 Å². The molecule has 1 heterocycles. The highest BCUT2D eigenvalue weighted by Crippen LogP contribution is 2.29. The van der Waals surface area contributed by atoms with E-state index < -0.39 is 20.0 Å². The normalized spacial score (nSPS) is 16.7. The number of aryl methyl sites for hydroxylation is 2. The van der Waals surface area contributed by atoms with Gasteiger partial charge in [0.05, 0.1) is 15.1 Å². The Labute approximate surface area is 222 Å². The first-order chi connectivity index (χ1) is 18.4. The zero-order chi connectivity index (χ0) is 26.7. The largest absolute Gasteiger partial charge is 0.368 e. The Morgan fingerprint density at radius 1 is 0.895 bits per heavy atom. The summed E-state index contributed by atoms with van der Waals surface area (Å²) in [4.78, 5) is 10.8. The number of nitrogens with zero attached hydrogens (tertiary/aromatic N) is 1. The Hall–Kier alpha value is -4.23. The van der Waals surface area contributed by atoms with Gasteiger partial charge < -0.3 is 5.32 Å². The maximum atomic E-state index is 13.4. The summed E-state index contributed by atoms with van der Waals surface area (Å²) in [6.45, 7) is 1.61. The Balaban J connectivity index is 0.000000366. The van der Waals surface area contributed by atoms with Gasteiger partial charge in [-0.25, -0.2) is 8.42 Å². The number of benzene rings is 3. The fraction of sp³-hybridized carbons (Fsp3) is 0.161. The second-order valence-corrected chi connectivity index (χ2v) is 11.6. The van der Waals surface area contributed by atoms with Crippen LogP contribution >= 0.6 is 0 Å². The molecule has 0 bridgehead atoms. The van der Waals surface area contributed by atoms with Crippen LogP contribution in [0.5, 0.6) is 0 Å². The van der Waals surface area contributed by atoms with Crippen LogP contribution in [0.4, 0.5) is 5.69 Å². The molecule has 0 amide bonds. The van der Waals surface area contributed by atoms with Gasteiger partial charge in [0.15, 0.2) is 9.84 Å². The van der Waals surface area contributed by atoms with E-state index in [1.165, 1.54) is 29.3 Å². The molecule has 0 saturated heterocycles. The van der Waals surface area contributed by atoms with Crippen molar-refractivity contribution in [3.8, 4) is 11.1 Å². The van der Waals surface area contributed by atoms with Crippen LogP contribution in [0.3, 0.4) is 0 Å². The number of fused-ring (bicyclic) bond motifs is 5. The molecular formula is C31H28N2O4S. The number of nitro groups is 1. The molecule has 1 N–H and O–H groups in total. The highest BCUT2D eigenvalue weighted by Gasteiger charge is 2.30. The van der Waals surface area contributed by atoms with Gasteiger partial charge in [0, 0.05) is 24.0 Å². The monoisotopic (exact) mass is 524 g/mol. The van der Waals surface area contributed by atoms with E-state index in [1.54, 1.807) is 6.92 Å². The zero-order valence-electron chi connectivity index (χ0n) is 21.0. The van der Waals surface area contributed by atoms with Crippen LogP contribution in [0.1, 0.15) is 23.1 Å². The van der Waals surface area contributed by atoms with Crippen molar-refractivity contribution in [3.63, 3.8) is 0 Å². The molecule has 3 aliphatic rings. The van der Waals surface area contributed by atoms with Crippen LogP contribution in [0.25, 0.3) is 23.3 Å². The van der Waals surface area contributed by atoms with E-state index >= 15 is 0 Å². The summed E-state index contributed by atoms with van der Waals surface area (Å²) in [6.07, 6.45) is 17.5. The Morgan fingerprint density at radius 2 is 1.66 bits per heavy atom. The van der Waals surface area contributed by atoms with Crippen LogP contribution in [0, 0.1) is 17.0 Å². The molecule has 6 nitrogen and oxygen atoms in total. The van der Waals surface area contributed by atoms with E-state index in [4.69, 9.17) is 0 Å². The summed E-state index contributed by atoms with van der Waals surface area (Å²) in [5.74, 6) is 0. The SMILES string of the molecule is C1=CC=CNC=C1.Cc1ccc(S(=O)(=O)C2C=c3c(ccc4c3=CCc3ccccc3-4)CC2)cc1[N+](=O)[O-]. The van der Waals surface area contributed by atoms with Crippen LogP contribution in [0.15, 0.2) is 96.2 Å². The average Bonchev–Trinajstić information content (AvgIpc) is 3.26. The average molecular weight is 525 g/mol. The Bertz CT molecular complexity index is 1720. The summed E-state index contributed by atoms with van der Waals surface area (Å²) >= 11 is 0. The quantitative estimate of drug-likeness (QED) is 0.398. The van der Waals surface area contributed by atoms with Crippen molar-refractivity contribution >= 4 is 27.7 Å². The van der Waals surface area contributed by atoms with E-state index in [1.807, 2.05) is 54.9 Å². The minimum Gasteiger partial charge on any atom is -0.368 e. The Morgan fingerprint density at radius 3 is 2.42 bits per heavy atom. The first kappa shape index (κ1) is 25.4. The molecule has 0 spiro atoms. The van der Waals surface area contributed by atoms with Crippen molar-refractivity contribution < 1.29 is 13.3 Å². The fourth-order valence-corrected chi connectivity index (χ4v) is 6.71. The highest BCUT2D eigenvalue weighted by molar-refractivity contribution is 7.92. The molecule has 0 fully saturated rings. The second-order valence-electron chi connectivity index (χ2n) is 9.43. The van der Waals surface area contributed by atoms with Gasteiger partial charge in [-0.3, -0.25) is 10.1 Å². The first-order valence-electron chi connectivity index (χ1n) is 12.5. The first-order valence-corrected chi connectivity index (χ1v) is 14.1. The molecule has 1 unspecified atom stereocenters. The molecule has 1 atom stereocenters. The summed E-state index contributed by atoms with van der Waals surface area (Å²) in [6, 6.07) is 16.7. The molecule has 3 aromatic carbocycles. The third-order valence-corrected chi connectivity index (χ3v) is 9.16. The van der Waals surface area contributed by atoms with E-state index in [9.17, 15) is 18.5 Å². The van der Waals surface area contributed by atoms with Gasteiger partial charge in [-0.2, -0.15) is 0 Å². The predicted octanol–water partition coefficient (Wildman–Crippen LogP) is 4.65. The smallest absolute Gasteiger partial charge is 0.273 e. The van der Waals surface area contributed by atoms with E-state index in [0.29, 0.717) is 18.4 Å². The maximum Gasteiger partial charge on any atom is 0.273 e. The van der Waals surface area contributed by atoms with Crippen LogP contribution in [-0.2, 0) is 22.7 Å². The Kier molecular flexibility index (Phi) is 7.11. The third kappa shape index (κ3) is 4.97. The number of allylic oxidation sites excluding steroid dienone is 4. The van der Waals surface area contributed by atoms with E-state index in [-0.39, 0.29) is 10.6 Å². The lowest BCUT2D eigenvalue weighted by molar-refractivity contribution is -0.385. The highest BCUT2D eigenvalue weighted by atomic mass is 32.2. The minimum atomic E-state index is -3.74. The lowest BCUT2D eigenvalue weighted by Crippen LogP contribution is -2.38. The molecular weight excluding hydrogens is 496 g/mol. The summed E-state index contributed by atoms with van der Waals surface area (Å²) in [7, 11) is -3.74. The number of nitrogens with one attached hydrogen (secondary N) is 1. The molecule has 6 rings (SSSR count). The number of hydrogen-bond donors (Lipinski definition) is 1. The number of sulfone groups is 1. The van der Waals surface area contributed by atoms with Crippen LogP contribution < -0.4 is 15.8 Å². The van der Waals surface area contributed by atoms with Gasteiger partial charge in [-0.1, -0.05) is 66.8 Å². The molecule has 0 saturated carbocycles. The third-order valence-electron chi connectivity index (χ3n) is 7.08. The van der Waals surface area contributed by atoms with Crippen molar-refractivity contribution in [2.24, 2.45) is 0 Å². The second kappa shape index (κ2) is 10.6. The van der Waals surface area contributed by atoms with Crippen LogP contribution in [-0.4, -0.2) is 18.6 Å². The molecule has 0 aromatic heterocycles. The lowest BCUT2D eigenvalue weighted by atomic mass is 9.87. The van der Waals surface area contributed by atoms with Crippen molar-refractivity contribution in [1.82, 2.24) is 5.32 Å². The van der Waals surface area contributed by atoms with Gasteiger partial charge >= 0.3 is 0 Å². The standard InChI is InChI=1S/C25H21NO4S.C6H7N/c1-16-6-10-20(15-25(16)26(27)28)31(29,30)19-11-7-18-9-12-22-21-5-3-2-4-17(21)8-13-23(22)24(18)14-19;1-2-4-6-7-5-3-1/h2-6,9-10,12-15,19H,7-8,11H2,1H3;1-7H. The molecule has 2 aliphatic carbocycles. The van der Waals surface area contributed by atoms with Gasteiger partial charge in [0.2, 0.25) is 0 Å². The number of nitro benzene ring substituents is 1. The summed E-state index contributed by atoms with van der Waals surface area (Å²) < 4.78 is 26.8. The molecule has 192 valence electrons. The number of rotatable bonds is 3. The van der Waals surface area contributed by atoms with E-state index in [0.717, 1.165) is 28.0 Å². The summed E-state index contributed by atoms with van der Waals surface area (Å²) in [5.41, 5.74) is 5.01. The van der Waals surface area contributed by atoms with Crippen molar-refractivity contribution in [3.05, 3.63) is 129 Å². The molecule has 1 aliphatic heterocycles. The molecule has 7 heteroatoms. The zero-order valence-corrected chi connectivity index (χ0v) is 21.8. The lowest BCUT2D eigenvalue weighted by Gasteiger charge is -2.22. The number of hydrogen-bond acceptors (Lipinski definition) is 5. The molecule has 3 aromatic rings.